The smallest absolute Gasteiger partial charge is 0.231 e. The summed E-state index contributed by atoms with van der Waals surface area (Å²) in [6.07, 6.45) is 9.08. The van der Waals surface area contributed by atoms with E-state index in [-0.39, 0.29) is 5.91 Å². The Balaban J connectivity index is 1.87. The molecule has 2 aromatic rings. The second-order valence-corrected chi connectivity index (χ2v) is 5.60. The van der Waals surface area contributed by atoms with E-state index >= 15 is 0 Å². The Kier molecular flexibility index (Phi) is 4.39. The minimum atomic E-state index is -0.280. The van der Waals surface area contributed by atoms with Crippen LogP contribution in [0.15, 0.2) is 37.1 Å². The number of hydrogen-bond donors (Lipinski definition) is 1. The maximum atomic E-state index is 11.1. The number of carbonyl (C=O) groups excluding carboxylic acids is 1. The van der Waals surface area contributed by atoms with Gasteiger partial charge in [-0.25, -0.2) is 9.97 Å². The second kappa shape index (κ2) is 6.62. The third-order valence-corrected chi connectivity index (χ3v) is 4.01. The molecule has 2 aromatic heterocycles. The van der Waals surface area contributed by atoms with Crippen molar-refractivity contribution < 1.29 is 4.79 Å². The first-order chi connectivity index (χ1) is 10.7. The van der Waals surface area contributed by atoms with Gasteiger partial charge < -0.3 is 5.73 Å². The van der Waals surface area contributed by atoms with Crippen molar-refractivity contribution in [2.24, 2.45) is 5.73 Å². The first-order valence-electron chi connectivity index (χ1n) is 7.45. The Labute approximate surface area is 129 Å². The van der Waals surface area contributed by atoms with E-state index in [9.17, 15) is 4.79 Å². The average Bonchev–Trinajstić information content (AvgIpc) is 2.55. The molecule has 1 unspecified atom stereocenters. The van der Waals surface area contributed by atoms with Gasteiger partial charge in [0.1, 0.15) is 6.33 Å². The van der Waals surface area contributed by atoms with Gasteiger partial charge in [-0.2, -0.15) is 0 Å². The highest BCUT2D eigenvalue weighted by Gasteiger charge is 2.25. The molecule has 0 bridgehead atoms. The van der Waals surface area contributed by atoms with Gasteiger partial charge >= 0.3 is 0 Å². The molecular formula is C16H19N5O. The van der Waals surface area contributed by atoms with Crippen molar-refractivity contribution >= 4 is 5.91 Å². The molecule has 6 heteroatoms. The third-order valence-electron chi connectivity index (χ3n) is 4.01. The minimum absolute atomic E-state index is 0.280. The van der Waals surface area contributed by atoms with E-state index in [1.807, 2.05) is 18.3 Å². The Hall–Kier alpha value is -2.34. The molecule has 1 aliphatic rings. The Morgan fingerprint density at radius 3 is 2.91 bits per heavy atom. The van der Waals surface area contributed by atoms with Crippen molar-refractivity contribution in [1.82, 2.24) is 19.9 Å². The molecule has 1 amide bonds. The molecule has 114 valence electrons. The molecule has 0 radical (unpaired) electrons. The zero-order valence-electron chi connectivity index (χ0n) is 12.4. The van der Waals surface area contributed by atoms with E-state index < -0.39 is 0 Å². The van der Waals surface area contributed by atoms with Crippen LogP contribution in [0, 0.1) is 0 Å². The summed E-state index contributed by atoms with van der Waals surface area (Å²) in [6, 6.07) is 3.93. The molecule has 0 spiro atoms. The van der Waals surface area contributed by atoms with Crippen LogP contribution in [0.5, 0.6) is 0 Å². The van der Waals surface area contributed by atoms with Crippen LogP contribution >= 0.6 is 0 Å². The number of amides is 1. The maximum Gasteiger partial charge on any atom is 0.231 e. The lowest BCUT2D eigenvalue weighted by atomic mass is 9.90. The average molecular weight is 297 g/mol. The fraction of sp³-hybridized carbons (Fsp3) is 0.375. The van der Waals surface area contributed by atoms with E-state index in [4.69, 9.17) is 5.73 Å². The van der Waals surface area contributed by atoms with Crippen LogP contribution in [0.1, 0.15) is 24.5 Å². The normalized spacial score (nSPS) is 19.0. The zero-order valence-corrected chi connectivity index (χ0v) is 12.4. The van der Waals surface area contributed by atoms with Crippen molar-refractivity contribution in [1.29, 1.82) is 0 Å². The van der Waals surface area contributed by atoms with Crippen LogP contribution in [0.25, 0.3) is 11.1 Å². The van der Waals surface area contributed by atoms with Crippen LogP contribution in [0.3, 0.4) is 0 Å². The molecule has 0 aromatic carbocycles. The van der Waals surface area contributed by atoms with Gasteiger partial charge in [0, 0.05) is 36.6 Å². The molecule has 6 nitrogen and oxygen atoms in total. The predicted octanol–water partition coefficient (Wildman–Crippen LogP) is 1.20. The van der Waals surface area contributed by atoms with E-state index in [2.05, 4.69) is 19.9 Å². The molecule has 1 aliphatic heterocycles. The van der Waals surface area contributed by atoms with Gasteiger partial charge in [-0.15, -0.1) is 0 Å². The van der Waals surface area contributed by atoms with E-state index in [0.29, 0.717) is 12.5 Å². The SMILES string of the molecule is NC(=O)CN1CCCC(c2ncncc2-c2ccncc2)C1. The number of likely N-dealkylation sites (tertiary alicyclic amines) is 1. The van der Waals surface area contributed by atoms with Gasteiger partial charge in [-0.05, 0) is 37.1 Å². The summed E-state index contributed by atoms with van der Waals surface area (Å²) in [6.45, 7) is 2.03. The fourth-order valence-corrected chi connectivity index (χ4v) is 3.06. The molecule has 1 atom stereocenters. The lowest BCUT2D eigenvalue weighted by Gasteiger charge is -2.32. The molecule has 1 saturated heterocycles. The minimum Gasteiger partial charge on any atom is -0.369 e. The summed E-state index contributed by atoms with van der Waals surface area (Å²) < 4.78 is 0. The Bertz CT molecular complexity index is 646. The first-order valence-corrected chi connectivity index (χ1v) is 7.45. The lowest BCUT2D eigenvalue weighted by Crippen LogP contribution is -2.40. The van der Waals surface area contributed by atoms with Crippen LogP contribution in [0.4, 0.5) is 0 Å². The largest absolute Gasteiger partial charge is 0.369 e. The zero-order chi connectivity index (χ0) is 15.4. The van der Waals surface area contributed by atoms with Gasteiger partial charge in [-0.1, -0.05) is 0 Å². The highest BCUT2D eigenvalue weighted by Crippen LogP contribution is 2.32. The number of rotatable bonds is 4. The molecule has 1 fully saturated rings. The van der Waals surface area contributed by atoms with E-state index in [1.165, 1.54) is 0 Å². The van der Waals surface area contributed by atoms with Crippen molar-refractivity contribution in [3.8, 4) is 11.1 Å². The highest BCUT2D eigenvalue weighted by atomic mass is 16.1. The highest BCUT2D eigenvalue weighted by molar-refractivity contribution is 5.76. The summed E-state index contributed by atoms with van der Waals surface area (Å²) in [5.74, 6) is 0.0111. The number of pyridine rings is 1. The number of nitrogens with two attached hydrogens (primary N) is 1. The van der Waals surface area contributed by atoms with E-state index in [0.717, 1.165) is 42.8 Å². The van der Waals surface area contributed by atoms with Gasteiger partial charge in [0.25, 0.3) is 0 Å². The third kappa shape index (κ3) is 3.28. The van der Waals surface area contributed by atoms with Crippen molar-refractivity contribution in [3.05, 3.63) is 42.7 Å². The van der Waals surface area contributed by atoms with Gasteiger partial charge in [-0.3, -0.25) is 14.7 Å². The summed E-state index contributed by atoms with van der Waals surface area (Å²) in [5.41, 5.74) is 8.46. The van der Waals surface area contributed by atoms with Crippen LogP contribution in [0.2, 0.25) is 0 Å². The quantitative estimate of drug-likeness (QED) is 0.916. The Morgan fingerprint density at radius 2 is 2.14 bits per heavy atom. The predicted molar refractivity (Wildman–Crippen MR) is 82.9 cm³/mol. The summed E-state index contributed by atoms with van der Waals surface area (Å²) in [4.78, 5) is 26.0. The molecule has 3 heterocycles. The molecule has 3 rings (SSSR count). The van der Waals surface area contributed by atoms with Crippen molar-refractivity contribution in [2.45, 2.75) is 18.8 Å². The van der Waals surface area contributed by atoms with Crippen LogP contribution in [-0.2, 0) is 4.79 Å². The maximum absolute atomic E-state index is 11.1. The number of aromatic nitrogens is 3. The summed E-state index contributed by atoms with van der Waals surface area (Å²) in [7, 11) is 0. The monoisotopic (exact) mass is 297 g/mol. The topological polar surface area (TPSA) is 85.0 Å². The number of nitrogens with zero attached hydrogens (tertiary/aromatic N) is 4. The Morgan fingerprint density at radius 1 is 1.32 bits per heavy atom. The fourth-order valence-electron chi connectivity index (χ4n) is 3.06. The molecular weight excluding hydrogens is 278 g/mol. The van der Waals surface area contributed by atoms with Gasteiger partial charge in [0.2, 0.25) is 5.91 Å². The number of piperidine rings is 1. The summed E-state index contributed by atoms with van der Waals surface area (Å²) in [5, 5.41) is 0. The molecule has 2 N–H and O–H groups in total. The standard InChI is InChI=1S/C16H19N5O/c17-15(22)10-21-7-1-2-13(9-21)16-14(8-19-11-20-16)12-3-5-18-6-4-12/h3-6,8,11,13H,1-2,7,9-10H2,(H2,17,22). The van der Waals surface area contributed by atoms with Gasteiger partial charge in [0.05, 0.1) is 12.2 Å². The van der Waals surface area contributed by atoms with Gasteiger partial charge in [0.15, 0.2) is 0 Å². The number of carbonyl (C=O) groups is 1. The molecule has 0 saturated carbocycles. The van der Waals surface area contributed by atoms with Crippen LogP contribution < -0.4 is 5.73 Å². The number of hydrogen-bond acceptors (Lipinski definition) is 5. The van der Waals surface area contributed by atoms with Crippen molar-refractivity contribution in [2.75, 3.05) is 19.6 Å². The number of primary amides is 1. The summed E-state index contributed by atoms with van der Waals surface area (Å²) >= 11 is 0. The molecule has 22 heavy (non-hydrogen) atoms. The van der Waals surface area contributed by atoms with Crippen molar-refractivity contribution in [3.63, 3.8) is 0 Å². The second-order valence-electron chi connectivity index (χ2n) is 5.60. The van der Waals surface area contributed by atoms with Crippen LogP contribution in [-0.4, -0.2) is 45.4 Å². The van der Waals surface area contributed by atoms with E-state index in [1.54, 1.807) is 18.7 Å². The lowest BCUT2D eigenvalue weighted by molar-refractivity contribution is -0.119. The molecule has 0 aliphatic carbocycles. The first kappa shape index (κ1) is 14.6.